The van der Waals surface area contributed by atoms with Crippen LogP contribution in [0.5, 0.6) is 0 Å². The molecule has 6 nitrogen and oxygen atoms in total. The van der Waals surface area contributed by atoms with Gasteiger partial charge in [0, 0.05) is 24.8 Å². The van der Waals surface area contributed by atoms with Crippen LogP contribution in [-0.2, 0) is 0 Å². The molecule has 2 aromatic heterocycles. The van der Waals surface area contributed by atoms with Gasteiger partial charge in [-0.05, 0) is 39.7 Å². The van der Waals surface area contributed by atoms with Gasteiger partial charge in [-0.1, -0.05) is 5.16 Å². The van der Waals surface area contributed by atoms with Crippen molar-refractivity contribution >= 4 is 5.91 Å². The first-order chi connectivity index (χ1) is 10.0. The first-order valence-electron chi connectivity index (χ1n) is 7.30. The van der Waals surface area contributed by atoms with Gasteiger partial charge in [0.2, 0.25) is 0 Å². The monoisotopic (exact) mass is 288 g/mol. The number of aromatic nitrogens is 3. The number of carbonyl (C=O) groups is 1. The van der Waals surface area contributed by atoms with E-state index < -0.39 is 0 Å². The molecule has 0 saturated carbocycles. The van der Waals surface area contributed by atoms with Crippen molar-refractivity contribution in [1.29, 1.82) is 0 Å². The molecule has 0 aromatic carbocycles. The van der Waals surface area contributed by atoms with E-state index in [1.54, 1.807) is 13.0 Å². The number of nitrogens with zero attached hydrogens (tertiary/aromatic N) is 4. The summed E-state index contributed by atoms with van der Waals surface area (Å²) in [7, 11) is 0. The number of hydrogen-bond donors (Lipinski definition) is 0. The standard InChI is InChI=1S/C15H20N4O2/c1-10-7-11(2)19(16-10)13-5-4-6-18(9-13)15(20)14-8-12(3)21-17-14/h7-8,13H,4-6,9H2,1-3H3/t13-/m1/s1. The normalized spacial score (nSPS) is 19.0. The molecule has 0 radical (unpaired) electrons. The largest absolute Gasteiger partial charge is 0.361 e. The van der Waals surface area contributed by atoms with Crippen LogP contribution in [0.4, 0.5) is 0 Å². The van der Waals surface area contributed by atoms with E-state index in [-0.39, 0.29) is 11.9 Å². The van der Waals surface area contributed by atoms with Gasteiger partial charge in [0.25, 0.3) is 5.91 Å². The average molecular weight is 288 g/mol. The molecule has 6 heteroatoms. The van der Waals surface area contributed by atoms with Gasteiger partial charge < -0.3 is 9.42 Å². The zero-order valence-electron chi connectivity index (χ0n) is 12.7. The first kappa shape index (κ1) is 13.9. The molecule has 1 fully saturated rings. The van der Waals surface area contributed by atoms with Gasteiger partial charge in [0.1, 0.15) is 5.76 Å². The van der Waals surface area contributed by atoms with Crippen LogP contribution in [0.25, 0.3) is 0 Å². The number of likely N-dealkylation sites (tertiary alicyclic amines) is 1. The molecule has 2 aromatic rings. The predicted octanol–water partition coefficient (Wildman–Crippen LogP) is 2.27. The molecular formula is C15H20N4O2. The third-order valence-corrected chi connectivity index (χ3v) is 3.92. The van der Waals surface area contributed by atoms with Crippen LogP contribution in [0.2, 0.25) is 0 Å². The van der Waals surface area contributed by atoms with Crippen LogP contribution in [0.3, 0.4) is 0 Å². The fourth-order valence-electron chi connectivity index (χ4n) is 2.98. The SMILES string of the molecule is Cc1cc(C)n([C@@H]2CCCN(C(=O)c3cc(C)on3)C2)n1. The summed E-state index contributed by atoms with van der Waals surface area (Å²) in [5.74, 6) is 0.600. The minimum absolute atomic E-state index is 0.0573. The molecule has 1 amide bonds. The van der Waals surface area contributed by atoms with Crippen molar-refractivity contribution in [3.8, 4) is 0 Å². The second kappa shape index (κ2) is 5.35. The van der Waals surface area contributed by atoms with Crippen LogP contribution in [0.1, 0.15) is 46.5 Å². The molecule has 0 spiro atoms. The topological polar surface area (TPSA) is 64.2 Å². The summed E-state index contributed by atoms with van der Waals surface area (Å²) in [6.45, 7) is 7.28. The van der Waals surface area contributed by atoms with E-state index in [9.17, 15) is 4.79 Å². The molecule has 0 N–H and O–H groups in total. The number of carbonyl (C=O) groups excluding carboxylic acids is 1. The zero-order valence-corrected chi connectivity index (χ0v) is 12.7. The van der Waals surface area contributed by atoms with Crippen molar-refractivity contribution in [3.05, 3.63) is 35.0 Å². The summed E-state index contributed by atoms with van der Waals surface area (Å²) in [5.41, 5.74) is 2.55. The van der Waals surface area contributed by atoms with Crippen molar-refractivity contribution in [2.24, 2.45) is 0 Å². The molecule has 3 heterocycles. The lowest BCUT2D eigenvalue weighted by Crippen LogP contribution is -2.41. The van der Waals surface area contributed by atoms with Crippen molar-refractivity contribution in [3.63, 3.8) is 0 Å². The Morgan fingerprint density at radius 2 is 2.14 bits per heavy atom. The number of hydrogen-bond acceptors (Lipinski definition) is 4. The van der Waals surface area contributed by atoms with Gasteiger partial charge in [0.15, 0.2) is 5.69 Å². The van der Waals surface area contributed by atoms with E-state index >= 15 is 0 Å². The summed E-state index contributed by atoms with van der Waals surface area (Å²) in [6, 6.07) is 4.00. The third-order valence-electron chi connectivity index (χ3n) is 3.92. The van der Waals surface area contributed by atoms with Crippen molar-refractivity contribution < 1.29 is 9.32 Å². The van der Waals surface area contributed by atoms with Gasteiger partial charge in [-0.2, -0.15) is 5.10 Å². The minimum Gasteiger partial charge on any atom is -0.361 e. The molecule has 21 heavy (non-hydrogen) atoms. The Kier molecular flexibility index (Phi) is 3.53. The highest BCUT2D eigenvalue weighted by Gasteiger charge is 2.28. The van der Waals surface area contributed by atoms with Gasteiger partial charge >= 0.3 is 0 Å². The van der Waals surface area contributed by atoms with Crippen LogP contribution in [0.15, 0.2) is 16.7 Å². The lowest BCUT2D eigenvalue weighted by atomic mass is 10.1. The lowest BCUT2D eigenvalue weighted by molar-refractivity contribution is 0.0661. The molecule has 0 unspecified atom stereocenters. The van der Waals surface area contributed by atoms with Gasteiger partial charge in [-0.15, -0.1) is 0 Å². The molecule has 0 bridgehead atoms. The Morgan fingerprint density at radius 1 is 1.33 bits per heavy atom. The van der Waals surface area contributed by atoms with E-state index in [1.165, 1.54) is 0 Å². The Balaban J connectivity index is 1.77. The van der Waals surface area contributed by atoms with Crippen LogP contribution in [0, 0.1) is 20.8 Å². The highest BCUT2D eigenvalue weighted by Crippen LogP contribution is 2.24. The zero-order chi connectivity index (χ0) is 15.0. The van der Waals surface area contributed by atoms with E-state index in [0.29, 0.717) is 18.0 Å². The summed E-state index contributed by atoms with van der Waals surface area (Å²) in [6.07, 6.45) is 2.02. The third kappa shape index (κ3) is 2.70. The van der Waals surface area contributed by atoms with E-state index in [0.717, 1.165) is 30.8 Å². The molecule has 1 saturated heterocycles. The predicted molar refractivity (Wildman–Crippen MR) is 77.1 cm³/mol. The fraction of sp³-hybridized carbons (Fsp3) is 0.533. The van der Waals surface area contributed by atoms with Crippen molar-refractivity contribution in [2.75, 3.05) is 13.1 Å². The maximum absolute atomic E-state index is 12.5. The number of piperidine rings is 1. The van der Waals surface area contributed by atoms with Gasteiger partial charge in [-0.25, -0.2) is 0 Å². The molecule has 1 aliphatic heterocycles. The molecule has 1 atom stereocenters. The molecule has 0 aliphatic carbocycles. The van der Waals surface area contributed by atoms with Crippen molar-refractivity contribution in [1.82, 2.24) is 19.8 Å². The van der Waals surface area contributed by atoms with Gasteiger partial charge in [0.05, 0.1) is 11.7 Å². The summed E-state index contributed by atoms with van der Waals surface area (Å²) >= 11 is 0. The van der Waals surface area contributed by atoms with Gasteiger partial charge in [-0.3, -0.25) is 9.48 Å². The van der Waals surface area contributed by atoms with E-state index in [4.69, 9.17) is 4.52 Å². The molecular weight excluding hydrogens is 268 g/mol. The second-order valence-electron chi connectivity index (χ2n) is 5.74. The molecule has 1 aliphatic rings. The Morgan fingerprint density at radius 3 is 2.76 bits per heavy atom. The number of rotatable bonds is 2. The second-order valence-corrected chi connectivity index (χ2v) is 5.74. The lowest BCUT2D eigenvalue weighted by Gasteiger charge is -2.33. The Bertz CT molecular complexity index is 658. The Labute approximate surface area is 123 Å². The van der Waals surface area contributed by atoms with Crippen LogP contribution in [-0.4, -0.2) is 38.8 Å². The minimum atomic E-state index is -0.0573. The number of amides is 1. The van der Waals surface area contributed by atoms with Crippen LogP contribution >= 0.6 is 0 Å². The highest BCUT2D eigenvalue weighted by atomic mass is 16.5. The number of aryl methyl sites for hydroxylation is 3. The smallest absolute Gasteiger partial charge is 0.276 e. The fourth-order valence-corrected chi connectivity index (χ4v) is 2.98. The maximum atomic E-state index is 12.5. The molecule has 3 rings (SSSR count). The highest BCUT2D eigenvalue weighted by molar-refractivity contribution is 5.92. The van der Waals surface area contributed by atoms with Crippen molar-refractivity contribution in [2.45, 2.75) is 39.7 Å². The summed E-state index contributed by atoms with van der Waals surface area (Å²) < 4.78 is 7.04. The Hall–Kier alpha value is -2.11. The van der Waals surface area contributed by atoms with Crippen LogP contribution < -0.4 is 0 Å². The molecule has 112 valence electrons. The van der Waals surface area contributed by atoms with E-state index in [1.807, 2.05) is 16.5 Å². The summed E-state index contributed by atoms with van der Waals surface area (Å²) in [5, 5.41) is 8.37. The quantitative estimate of drug-likeness (QED) is 0.850. The average Bonchev–Trinajstić information content (AvgIpc) is 3.04. The first-order valence-corrected chi connectivity index (χ1v) is 7.30. The summed E-state index contributed by atoms with van der Waals surface area (Å²) in [4.78, 5) is 14.3. The maximum Gasteiger partial charge on any atom is 0.276 e. The van der Waals surface area contributed by atoms with E-state index in [2.05, 4.69) is 23.2 Å².